The highest BCUT2D eigenvalue weighted by Gasteiger charge is 2.32. The highest BCUT2D eigenvalue weighted by atomic mass is 35.5. The van der Waals surface area contributed by atoms with Gasteiger partial charge in [-0.25, -0.2) is 0 Å². The molecular formula is C16H16ClNO4. The predicted molar refractivity (Wildman–Crippen MR) is 85.8 cm³/mol. The summed E-state index contributed by atoms with van der Waals surface area (Å²) in [4.78, 5) is 10.1. The standard InChI is InChI=1S/C16H16ClNO4/c17-13-16(21-11-12-22-16)10-4-2-1-3-5-14-6-8-15(9-7-14)18(19)20/h1-10H,11-13H2/b2-1+,5-3-,10-4+. The molecule has 6 heteroatoms. The minimum absolute atomic E-state index is 0.0820. The molecule has 0 spiro atoms. The summed E-state index contributed by atoms with van der Waals surface area (Å²) < 4.78 is 10.9. The van der Waals surface area contributed by atoms with Crippen molar-refractivity contribution in [3.8, 4) is 0 Å². The number of ether oxygens (including phenoxy) is 2. The molecule has 1 aliphatic heterocycles. The number of hydrogen-bond donors (Lipinski definition) is 0. The fourth-order valence-corrected chi connectivity index (χ4v) is 2.14. The average molecular weight is 322 g/mol. The zero-order valence-electron chi connectivity index (χ0n) is 11.9. The van der Waals surface area contributed by atoms with Crippen molar-refractivity contribution < 1.29 is 14.4 Å². The maximum absolute atomic E-state index is 10.5. The summed E-state index contributed by atoms with van der Waals surface area (Å²) in [6.07, 6.45) is 11.0. The SMILES string of the molecule is O=[N+]([O-])c1ccc(\C=C/C=C/C=C/C2(CCl)OCCO2)cc1. The molecule has 5 nitrogen and oxygen atoms in total. The number of hydrogen-bond acceptors (Lipinski definition) is 4. The van der Waals surface area contributed by atoms with Crippen LogP contribution < -0.4 is 0 Å². The fourth-order valence-electron chi connectivity index (χ4n) is 1.89. The van der Waals surface area contributed by atoms with E-state index in [0.29, 0.717) is 13.2 Å². The van der Waals surface area contributed by atoms with Gasteiger partial charge in [0.15, 0.2) is 0 Å². The van der Waals surface area contributed by atoms with Crippen LogP contribution in [0.4, 0.5) is 5.69 Å². The molecule has 1 heterocycles. The molecule has 0 saturated carbocycles. The monoisotopic (exact) mass is 321 g/mol. The second-order valence-corrected chi connectivity index (χ2v) is 4.86. The number of halogens is 1. The van der Waals surface area contributed by atoms with Crippen LogP contribution >= 0.6 is 11.6 Å². The molecule has 0 aromatic heterocycles. The summed E-state index contributed by atoms with van der Waals surface area (Å²) in [5.74, 6) is -0.566. The zero-order valence-corrected chi connectivity index (χ0v) is 12.6. The number of alkyl halides is 1. The van der Waals surface area contributed by atoms with Gasteiger partial charge in [0.2, 0.25) is 5.79 Å². The molecule has 1 aliphatic rings. The lowest BCUT2D eigenvalue weighted by Gasteiger charge is -2.19. The molecule has 22 heavy (non-hydrogen) atoms. The molecule has 0 aliphatic carbocycles. The summed E-state index contributed by atoms with van der Waals surface area (Å²) >= 11 is 5.83. The van der Waals surface area contributed by atoms with Crippen molar-refractivity contribution in [1.82, 2.24) is 0 Å². The first-order valence-corrected chi connectivity index (χ1v) is 7.30. The number of nitrogens with zero attached hydrogens (tertiary/aromatic N) is 1. The van der Waals surface area contributed by atoms with Crippen molar-refractivity contribution in [1.29, 1.82) is 0 Å². The quantitative estimate of drug-likeness (QED) is 0.347. The molecule has 1 aromatic carbocycles. The van der Waals surface area contributed by atoms with Crippen molar-refractivity contribution in [2.24, 2.45) is 0 Å². The Hall–Kier alpha value is -1.95. The molecule has 0 N–H and O–H groups in total. The number of nitro groups is 1. The molecule has 0 amide bonds. The molecule has 2 rings (SSSR count). The Kier molecular flexibility index (Phi) is 5.89. The summed E-state index contributed by atoms with van der Waals surface area (Å²) in [6, 6.07) is 6.34. The number of allylic oxidation sites excluding steroid dienone is 4. The van der Waals surface area contributed by atoms with Gasteiger partial charge < -0.3 is 9.47 Å². The van der Waals surface area contributed by atoms with E-state index in [1.54, 1.807) is 18.2 Å². The van der Waals surface area contributed by atoms with Gasteiger partial charge in [0, 0.05) is 12.1 Å². The number of non-ortho nitro benzene ring substituents is 1. The van der Waals surface area contributed by atoms with Crippen LogP contribution in [0, 0.1) is 10.1 Å². The van der Waals surface area contributed by atoms with Gasteiger partial charge in [-0.15, -0.1) is 11.6 Å². The molecule has 1 saturated heterocycles. The third kappa shape index (κ3) is 4.53. The van der Waals surface area contributed by atoms with Gasteiger partial charge in [-0.3, -0.25) is 10.1 Å². The van der Waals surface area contributed by atoms with Crippen LogP contribution in [-0.2, 0) is 9.47 Å². The lowest BCUT2D eigenvalue weighted by molar-refractivity contribution is -0.384. The molecule has 116 valence electrons. The van der Waals surface area contributed by atoms with Crippen LogP contribution in [0.5, 0.6) is 0 Å². The van der Waals surface area contributed by atoms with Gasteiger partial charge in [-0.05, 0) is 23.8 Å². The van der Waals surface area contributed by atoms with Gasteiger partial charge in [-0.2, -0.15) is 0 Å². The van der Waals surface area contributed by atoms with E-state index in [1.165, 1.54) is 12.1 Å². The van der Waals surface area contributed by atoms with E-state index in [4.69, 9.17) is 21.1 Å². The summed E-state index contributed by atoms with van der Waals surface area (Å²) in [7, 11) is 0. The molecule has 0 bridgehead atoms. The summed E-state index contributed by atoms with van der Waals surface area (Å²) in [6.45, 7) is 1.08. The van der Waals surface area contributed by atoms with Gasteiger partial charge >= 0.3 is 0 Å². The third-order valence-electron chi connectivity index (χ3n) is 3.04. The number of nitro benzene ring substituents is 1. The van der Waals surface area contributed by atoms with Crippen LogP contribution in [-0.4, -0.2) is 29.8 Å². The highest BCUT2D eigenvalue weighted by Crippen LogP contribution is 2.22. The van der Waals surface area contributed by atoms with E-state index < -0.39 is 10.7 Å². The van der Waals surface area contributed by atoms with E-state index in [0.717, 1.165) is 5.56 Å². The Morgan fingerprint density at radius 2 is 1.77 bits per heavy atom. The highest BCUT2D eigenvalue weighted by molar-refractivity contribution is 6.18. The van der Waals surface area contributed by atoms with Crippen LogP contribution in [0.2, 0.25) is 0 Å². The maximum atomic E-state index is 10.5. The summed E-state index contributed by atoms with van der Waals surface area (Å²) in [5.41, 5.74) is 0.970. The second kappa shape index (κ2) is 7.89. The molecule has 1 fully saturated rings. The molecule has 0 unspecified atom stereocenters. The normalized spacial score (nSPS) is 17.9. The smallest absolute Gasteiger partial charge is 0.269 e. The first-order chi connectivity index (χ1) is 10.7. The van der Waals surface area contributed by atoms with E-state index in [9.17, 15) is 10.1 Å². The molecule has 1 aromatic rings. The fraction of sp³-hybridized carbons (Fsp3) is 0.250. The van der Waals surface area contributed by atoms with Crippen molar-refractivity contribution >= 4 is 23.4 Å². The van der Waals surface area contributed by atoms with Crippen LogP contribution in [0.1, 0.15) is 5.56 Å². The lowest BCUT2D eigenvalue weighted by Crippen LogP contribution is -2.29. The minimum atomic E-state index is -0.812. The average Bonchev–Trinajstić information content (AvgIpc) is 3.00. The van der Waals surface area contributed by atoms with Gasteiger partial charge in [-0.1, -0.05) is 30.4 Å². The number of benzene rings is 1. The lowest BCUT2D eigenvalue weighted by atomic mass is 10.2. The van der Waals surface area contributed by atoms with Crippen LogP contribution in [0.25, 0.3) is 6.08 Å². The van der Waals surface area contributed by atoms with Crippen LogP contribution in [0.15, 0.2) is 54.6 Å². The Labute approximate surface area is 133 Å². The predicted octanol–water partition coefficient (Wildman–Crippen LogP) is 3.70. The van der Waals surface area contributed by atoms with Gasteiger partial charge in [0.25, 0.3) is 5.69 Å². The van der Waals surface area contributed by atoms with Gasteiger partial charge in [0.1, 0.15) is 0 Å². The first kappa shape index (κ1) is 16.4. The van der Waals surface area contributed by atoms with Gasteiger partial charge in [0.05, 0.1) is 24.0 Å². The Bertz CT molecular complexity index is 587. The third-order valence-corrected chi connectivity index (χ3v) is 3.41. The van der Waals surface area contributed by atoms with Crippen molar-refractivity contribution in [2.75, 3.05) is 19.1 Å². The topological polar surface area (TPSA) is 61.6 Å². The second-order valence-electron chi connectivity index (χ2n) is 4.59. The first-order valence-electron chi connectivity index (χ1n) is 6.76. The zero-order chi connectivity index (χ0) is 15.8. The van der Waals surface area contributed by atoms with E-state index in [-0.39, 0.29) is 11.6 Å². The Morgan fingerprint density at radius 3 is 2.36 bits per heavy atom. The van der Waals surface area contributed by atoms with E-state index >= 15 is 0 Å². The maximum Gasteiger partial charge on any atom is 0.269 e. The van der Waals surface area contributed by atoms with Crippen molar-refractivity contribution in [3.63, 3.8) is 0 Å². The molecule has 0 atom stereocenters. The van der Waals surface area contributed by atoms with Crippen LogP contribution in [0.3, 0.4) is 0 Å². The minimum Gasteiger partial charge on any atom is -0.343 e. The summed E-state index contributed by atoms with van der Waals surface area (Å²) in [5, 5.41) is 10.5. The van der Waals surface area contributed by atoms with Crippen molar-refractivity contribution in [2.45, 2.75) is 5.79 Å². The van der Waals surface area contributed by atoms with E-state index in [1.807, 2.05) is 30.4 Å². The number of rotatable bonds is 6. The Balaban J connectivity index is 1.87. The van der Waals surface area contributed by atoms with Crippen molar-refractivity contribution in [3.05, 3.63) is 70.3 Å². The molecule has 0 radical (unpaired) electrons. The molecular weight excluding hydrogens is 306 g/mol. The Morgan fingerprint density at radius 1 is 1.14 bits per heavy atom. The largest absolute Gasteiger partial charge is 0.343 e. The van der Waals surface area contributed by atoms with E-state index in [2.05, 4.69) is 0 Å².